The molecule has 1 aromatic carbocycles. The molecule has 3 aromatic heterocycles. The predicted molar refractivity (Wildman–Crippen MR) is 98.7 cm³/mol. The molecule has 0 aliphatic carbocycles. The number of nitrogens with zero attached hydrogens (tertiary/aromatic N) is 4. The van der Waals surface area contributed by atoms with E-state index >= 15 is 0 Å². The summed E-state index contributed by atoms with van der Waals surface area (Å²) in [5.74, 6) is 0.822. The van der Waals surface area contributed by atoms with Gasteiger partial charge in [-0.25, -0.2) is 9.97 Å². The van der Waals surface area contributed by atoms with Gasteiger partial charge in [-0.15, -0.1) is 0 Å². The van der Waals surface area contributed by atoms with Crippen molar-refractivity contribution < 1.29 is 4.79 Å². The lowest BCUT2D eigenvalue weighted by atomic mass is 10.1. The normalized spacial score (nSPS) is 11.3. The minimum Gasteiger partial charge on any atom is -0.350 e. The highest BCUT2D eigenvalue weighted by Gasteiger charge is 2.09. The van der Waals surface area contributed by atoms with Gasteiger partial charge in [0.2, 0.25) is 5.91 Å². The molecule has 0 atom stereocenters. The Morgan fingerprint density at radius 2 is 2.08 bits per heavy atom. The summed E-state index contributed by atoms with van der Waals surface area (Å²) < 4.78 is 1.91. The van der Waals surface area contributed by atoms with Gasteiger partial charge in [0.25, 0.3) is 0 Å². The SMILES string of the molecule is Cc1cc2nc(CCC(=O)NCc3cnc4cnccn34)[nH]c2cc1C. The van der Waals surface area contributed by atoms with E-state index in [0.29, 0.717) is 19.4 Å². The van der Waals surface area contributed by atoms with Crippen molar-refractivity contribution in [2.24, 2.45) is 0 Å². The Bertz CT molecular complexity index is 1060. The van der Waals surface area contributed by atoms with Gasteiger partial charge < -0.3 is 10.3 Å². The van der Waals surface area contributed by atoms with Crippen LogP contribution in [0.5, 0.6) is 0 Å². The number of hydrogen-bond acceptors (Lipinski definition) is 4. The highest BCUT2D eigenvalue weighted by Crippen LogP contribution is 2.17. The minimum atomic E-state index is -0.0122. The summed E-state index contributed by atoms with van der Waals surface area (Å²) in [6.07, 6.45) is 7.94. The van der Waals surface area contributed by atoms with Crippen molar-refractivity contribution in [2.45, 2.75) is 33.2 Å². The number of aromatic amines is 1. The van der Waals surface area contributed by atoms with Crippen LogP contribution in [0.4, 0.5) is 0 Å². The maximum Gasteiger partial charge on any atom is 0.220 e. The summed E-state index contributed by atoms with van der Waals surface area (Å²) in [4.78, 5) is 28.4. The number of hydrogen-bond donors (Lipinski definition) is 2. The zero-order chi connectivity index (χ0) is 18.1. The molecular formula is C19H20N6O. The fourth-order valence-corrected chi connectivity index (χ4v) is 2.98. The van der Waals surface area contributed by atoms with E-state index < -0.39 is 0 Å². The number of aromatic nitrogens is 5. The molecule has 7 nitrogen and oxygen atoms in total. The molecule has 3 heterocycles. The number of rotatable bonds is 5. The zero-order valence-corrected chi connectivity index (χ0v) is 14.8. The van der Waals surface area contributed by atoms with Crippen molar-refractivity contribution in [3.8, 4) is 0 Å². The molecule has 0 unspecified atom stereocenters. The molecule has 4 rings (SSSR count). The van der Waals surface area contributed by atoms with Gasteiger partial charge in [-0.3, -0.25) is 14.2 Å². The lowest BCUT2D eigenvalue weighted by molar-refractivity contribution is -0.121. The Labute approximate surface area is 150 Å². The first-order valence-electron chi connectivity index (χ1n) is 8.58. The van der Waals surface area contributed by atoms with Gasteiger partial charge in [-0.2, -0.15) is 0 Å². The Kier molecular flexibility index (Phi) is 4.12. The van der Waals surface area contributed by atoms with Gasteiger partial charge in [0.15, 0.2) is 5.65 Å². The number of imidazole rings is 2. The van der Waals surface area contributed by atoms with Gasteiger partial charge in [-0.1, -0.05) is 0 Å². The van der Waals surface area contributed by atoms with Crippen molar-refractivity contribution >= 4 is 22.6 Å². The molecule has 0 bridgehead atoms. The summed E-state index contributed by atoms with van der Waals surface area (Å²) in [6, 6.07) is 4.17. The number of aryl methyl sites for hydroxylation is 3. The number of H-pyrrole nitrogens is 1. The number of carbonyl (C=O) groups excluding carboxylic acids is 1. The largest absolute Gasteiger partial charge is 0.350 e. The van der Waals surface area contributed by atoms with Crippen molar-refractivity contribution in [3.05, 3.63) is 59.6 Å². The summed E-state index contributed by atoms with van der Waals surface area (Å²) in [5.41, 5.74) is 6.10. The quantitative estimate of drug-likeness (QED) is 0.580. The predicted octanol–water partition coefficient (Wildman–Crippen LogP) is 2.47. The van der Waals surface area contributed by atoms with E-state index in [-0.39, 0.29) is 5.91 Å². The van der Waals surface area contributed by atoms with Gasteiger partial charge in [0.05, 0.1) is 35.7 Å². The topological polar surface area (TPSA) is 88.0 Å². The van der Waals surface area contributed by atoms with E-state index in [2.05, 4.69) is 51.2 Å². The van der Waals surface area contributed by atoms with Crippen LogP contribution in [0.2, 0.25) is 0 Å². The second-order valence-electron chi connectivity index (χ2n) is 6.47. The highest BCUT2D eigenvalue weighted by atomic mass is 16.1. The zero-order valence-electron chi connectivity index (χ0n) is 14.8. The van der Waals surface area contributed by atoms with E-state index in [1.807, 2.05) is 10.6 Å². The fraction of sp³-hybridized carbons (Fsp3) is 0.263. The number of carbonyl (C=O) groups is 1. The van der Waals surface area contributed by atoms with E-state index in [9.17, 15) is 4.79 Å². The highest BCUT2D eigenvalue weighted by molar-refractivity contribution is 5.78. The standard InChI is InChI=1S/C19H20N6O/c1-12-7-15-16(8-13(12)2)24-17(23-15)3-4-19(26)22-10-14-9-21-18-11-20-5-6-25(14)18/h5-9,11H,3-4,10H2,1-2H3,(H,22,26)(H,23,24). The molecule has 26 heavy (non-hydrogen) atoms. The smallest absolute Gasteiger partial charge is 0.220 e. The van der Waals surface area contributed by atoms with Crippen molar-refractivity contribution in [1.29, 1.82) is 0 Å². The number of nitrogens with one attached hydrogen (secondary N) is 2. The average molecular weight is 348 g/mol. The van der Waals surface area contributed by atoms with E-state index in [4.69, 9.17) is 0 Å². The third-order valence-corrected chi connectivity index (χ3v) is 4.60. The second kappa shape index (κ2) is 6.59. The van der Waals surface area contributed by atoms with Gasteiger partial charge in [-0.05, 0) is 37.1 Å². The van der Waals surface area contributed by atoms with Crippen molar-refractivity contribution in [1.82, 2.24) is 29.7 Å². The van der Waals surface area contributed by atoms with Crippen molar-refractivity contribution in [2.75, 3.05) is 0 Å². The van der Waals surface area contributed by atoms with Crippen LogP contribution < -0.4 is 5.32 Å². The van der Waals surface area contributed by atoms with E-state index in [1.165, 1.54) is 11.1 Å². The summed E-state index contributed by atoms with van der Waals surface area (Å²) in [7, 11) is 0. The first-order chi connectivity index (χ1) is 12.6. The molecular weight excluding hydrogens is 328 g/mol. The number of fused-ring (bicyclic) bond motifs is 2. The molecule has 7 heteroatoms. The monoisotopic (exact) mass is 348 g/mol. The Morgan fingerprint density at radius 3 is 2.96 bits per heavy atom. The third kappa shape index (κ3) is 3.15. The molecule has 0 fully saturated rings. The summed E-state index contributed by atoms with van der Waals surface area (Å²) >= 11 is 0. The third-order valence-electron chi connectivity index (χ3n) is 4.60. The minimum absolute atomic E-state index is 0.0122. The average Bonchev–Trinajstić information content (AvgIpc) is 3.22. The molecule has 0 aliphatic rings. The van der Waals surface area contributed by atoms with Crippen LogP contribution in [0.1, 0.15) is 29.1 Å². The molecule has 0 radical (unpaired) electrons. The molecule has 2 N–H and O–H groups in total. The van der Waals surface area contributed by atoms with Crippen molar-refractivity contribution in [3.63, 3.8) is 0 Å². The van der Waals surface area contributed by atoms with E-state index in [0.717, 1.165) is 28.2 Å². The summed E-state index contributed by atoms with van der Waals surface area (Å²) in [5, 5.41) is 2.94. The van der Waals surface area contributed by atoms with Gasteiger partial charge in [0, 0.05) is 25.2 Å². The maximum absolute atomic E-state index is 12.2. The van der Waals surface area contributed by atoms with Crippen LogP contribution in [0.15, 0.2) is 36.9 Å². The maximum atomic E-state index is 12.2. The number of benzene rings is 1. The van der Waals surface area contributed by atoms with Crippen LogP contribution in [-0.2, 0) is 17.8 Å². The fourth-order valence-electron chi connectivity index (χ4n) is 2.98. The van der Waals surface area contributed by atoms with Gasteiger partial charge in [0.1, 0.15) is 5.82 Å². The van der Waals surface area contributed by atoms with Crippen LogP contribution in [0, 0.1) is 13.8 Å². The lowest BCUT2D eigenvalue weighted by Crippen LogP contribution is -2.23. The van der Waals surface area contributed by atoms with Crippen LogP contribution in [-0.4, -0.2) is 30.2 Å². The summed E-state index contributed by atoms with van der Waals surface area (Å²) in [6.45, 7) is 4.59. The molecule has 132 valence electrons. The Morgan fingerprint density at radius 1 is 1.23 bits per heavy atom. The molecule has 0 aliphatic heterocycles. The van der Waals surface area contributed by atoms with Crippen LogP contribution >= 0.6 is 0 Å². The molecule has 4 aromatic rings. The second-order valence-corrected chi connectivity index (χ2v) is 6.47. The Hall–Kier alpha value is -3.22. The van der Waals surface area contributed by atoms with Crippen LogP contribution in [0.25, 0.3) is 16.7 Å². The molecule has 0 saturated carbocycles. The Balaban J connectivity index is 1.36. The molecule has 1 amide bonds. The molecule has 0 saturated heterocycles. The van der Waals surface area contributed by atoms with Crippen LogP contribution in [0.3, 0.4) is 0 Å². The van der Waals surface area contributed by atoms with E-state index in [1.54, 1.807) is 18.6 Å². The lowest BCUT2D eigenvalue weighted by Gasteiger charge is -2.04. The van der Waals surface area contributed by atoms with Gasteiger partial charge >= 0.3 is 0 Å². The first-order valence-corrected chi connectivity index (χ1v) is 8.58. The first kappa shape index (κ1) is 16.3. The number of amides is 1. The molecule has 0 spiro atoms.